The first-order valence-corrected chi connectivity index (χ1v) is 14.6. The molecule has 3 amide bonds. The van der Waals surface area contributed by atoms with Gasteiger partial charge >= 0.3 is 6.03 Å². The van der Waals surface area contributed by atoms with Crippen LogP contribution in [0, 0.1) is 11.8 Å². The minimum Gasteiger partial charge on any atom is -0.399 e. The number of hydrogen-bond donors (Lipinski definition) is 5. The zero-order valence-corrected chi connectivity index (χ0v) is 23.8. The summed E-state index contributed by atoms with van der Waals surface area (Å²) in [4.78, 5) is 36.8. The van der Waals surface area contributed by atoms with E-state index < -0.39 is 0 Å². The van der Waals surface area contributed by atoms with Crippen LogP contribution >= 0.6 is 11.6 Å². The summed E-state index contributed by atoms with van der Waals surface area (Å²) < 4.78 is 0. The van der Waals surface area contributed by atoms with Gasteiger partial charge in [-0.15, -0.1) is 0 Å². The van der Waals surface area contributed by atoms with E-state index in [0.717, 1.165) is 41.9 Å². The molecule has 2 aliphatic heterocycles. The van der Waals surface area contributed by atoms with Crippen molar-refractivity contribution in [1.29, 1.82) is 0 Å². The van der Waals surface area contributed by atoms with Gasteiger partial charge in [0.05, 0.1) is 6.20 Å². The second-order valence-corrected chi connectivity index (χ2v) is 11.3. The molecule has 1 aromatic heterocycles. The highest BCUT2D eigenvalue weighted by Gasteiger charge is 2.28. The number of aromatic nitrogens is 2. The number of nitrogen functional groups attached to an aromatic ring is 1. The van der Waals surface area contributed by atoms with Crippen molar-refractivity contribution >= 4 is 58.1 Å². The van der Waals surface area contributed by atoms with Crippen LogP contribution in [-0.2, 0) is 11.2 Å². The van der Waals surface area contributed by atoms with Crippen molar-refractivity contribution < 1.29 is 9.59 Å². The Balaban J connectivity index is 1.13. The van der Waals surface area contributed by atoms with Crippen LogP contribution in [0.3, 0.4) is 0 Å². The first kappa shape index (κ1) is 27.6. The number of allylic oxidation sites excluding steroid dienone is 4. The summed E-state index contributed by atoms with van der Waals surface area (Å²) in [6, 6.07) is 12.8. The van der Waals surface area contributed by atoms with Gasteiger partial charge in [0.25, 0.3) is 0 Å². The normalized spacial score (nSPS) is 18.3. The van der Waals surface area contributed by atoms with E-state index in [2.05, 4.69) is 43.4 Å². The third-order valence-corrected chi connectivity index (χ3v) is 8.18. The number of benzene rings is 2. The van der Waals surface area contributed by atoms with Crippen LogP contribution < -0.4 is 27.0 Å². The van der Waals surface area contributed by atoms with Gasteiger partial charge in [0.1, 0.15) is 5.02 Å². The molecule has 2 aromatic carbocycles. The fourth-order valence-electron chi connectivity index (χ4n) is 5.52. The average molecular weight is 585 g/mol. The molecule has 0 spiro atoms. The van der Waals surface area contributed by atoms with Gasteiger partial charge < -0.3 is 31.9 Å². The third-order valence-electron chi connectivity index (χ3n) is 7.90. The topological polar surface area (TPSA) is 137 Å². The van der Waals surface area contributed by atoms with E-state index in [9.17, 15) is 9.59 Å². The van der Waals surface area contributed by atoms with E-state index in [1.165, 1.54) is 0 Å². The standard InChI is InChI=1S/C31H33ClN8O2/c32-26-18-34-30-36-24-3-1-2-19(16-24)4-5-21-17-25(35-28(26)39-30)10-11-27(21)38-29(41)20-12-14-40(15-13-20)31(42)37-23-8-6-22(33)7-9-23/h1-3,6-11,17-20H,4-5,12-16,33H2,(H,37,42)(H,38,41)(H2,34,35,36,39). The average Bonchev–Trinajstić information content (AvgIpc) is 3.00. The number of anilines is 6. The molecule has 6 bridgehead atoms. The zero-order valence-electron chi connectivity index (χ0n) is 23.1. The molecule has 42 heavy (non-hydrogen) atoms. The minimum atomic E-state index is -0.177. The monoisotopic (exact) mass is 584 g/mol. The predicted octanol–water partition coefficient (Wildman–Crippen LogP) is 6.16. The molecule has 6 rings (SSSR count). The minimum absolute atomic E-state index is 0.0241. The number of carbonyl (C=O) groups is 2. The Kier molecular flexibility index (Phi) is 7.96. The van der Waals surface area contributed by atoms with Crippen molar-refractivity contribution in [3.63, 3.8) is 0 Å². The Morgan fingerprint density at radius 2 is 1.83 bits per heavy atom. The second-order valence-electron chi connectivity index (χ2n) is 10.9. The number of nitrogens with two attached hydrogens (primary N) is 1. The molecule has 216 valence electrons. The predicted molar refractivity (Wildman–Crippen MR) is 167 cm³/mol. The highest BCUT2D eigenvalue weighted by molar-refractivity contribution is 6.32. The van der Waals surface area contributed by atoms with E-state index in [4.69, 9.17) is 17.3 Å². The molecule has 6 N–H and O–H groups in total. The largest absolute Gasteiger partial charge is 0.399 e. The third kappa shape index (κ3) is 6.49. The summed E-state index contributed by atoms with van der Waals surface area (Å²) in [6.07, 6.45) is 11.6. The molecule has 11 heteroatoms. The van der Waals surface area contributed by atoms with Gasteiger partial charge in [0.2, 0.25) is 11.9 Å². The van der Waals surface area contributed by atoms with Crippen LogP contribution in [-0.4, -0.2) is 39.9 Å². The van der Waals surface area contributed by atoms with Crippen molar-refractivity contribution in [2.45, 2.75) is 32.1 Å². The zero-order chi connectivity index (χ0) is 29.1. The van der Waals surface area contributed by atoms with E-state index in [1.807, 2.05) is 24.3 Å². The highest BCUT2D eigenvalue weighted by Crippen LogP contribution is 2.32. The molecule has 3 aliphatic rings. The van der Waals surface area contributed by atoms with Crippen molar-refractivity contribution in [2.24, 2.45) is 11.8 Å². The summed E-state index contributed by atoms with van der Waals surface area (Å²) in [6.45, 7) is 1.02. The van der Waals surface area contributed by atoms with Crippen LogP contribution in [0.2, 0.25) is 5.02 Å². The smallest absolute Gasteiger partial charge is 0.321 e. The Bertz CT molecular complexity index is 1550. The molecule has 0 saturated carbocycles. The van der Waals surface area contributed by atoms with E-state index in [-0.39, 0.29) is 17.9 Å². The van der Waals surface area contributed by atoms with Gasteiger partial charge in [0.15, 0.2) is 5.82 Å². The number of hydrogen-bond acceptors (Lipinski definition) is 7. The maximum atomic E-state index is 13.4. The number of amides is 3. The lowest BCUT2D eigenvalue weighted by atomic mass is 9.91. The lowest BCUT2D eigenvalue weighted by Gasteiger charge is -2.31. The Morgan fingerprint density at radius 1 is 1.02 bits per heavy atom. The number of rotatable bonds is 3. The number of nitrogens with one attached hydrogen (secondary N) is 4. The fourth-order valence-corrected chi connectivity index (χ4v) is 5.66. The van der Waals surface area contributed by atoms with Crippen LogP contribution in [0.5, 0.6) is 0 Å². The number of aryl methyl sites for hydroxylation is 1. The number of piperidine rings is 1. The summed E-state index contributed by atoms with van der Waals surface area (Å²) in [5.74, 6) is 1.13. The molecule has 1 fully saturated rings. The molecule has 1 aliphatic carbocycles. The second kappa shape index (κ2) is 12.1. The number of urea groups is 1. The maximum Gasteiger partial charge on any atom is 0.321 e. The van der Waals surface area contributed by atoms with Gasteiger partial charge in [-0.05, 0) is 92.1 Å². The molecule has 3 heterocycles. The molecule has 1 atom stereocenters. The summed E-state index contributed by atoms with van der Waals surface area (Å²) in [5.41, 5.74) is 10.8. The number of carbonyl (C=O) groups excluding carboxylic acids is 2. The fraction of sp³-hybridized carbons (Fsp3) is 0.290. The Morgan fingerprint density at radius 3 is 2.64 bits per heavy atom. The van der Waals surface area contributed by atoms with Crippen LogP contribution in [0.1, 0.15) is 31.2 Å². The highest BCUT2D eigenvalue weighted by atomic mass is 35.5. The van der Waals surface area contributed by atoms with Crippen molar-refractivity contribution in [2.75, 3.05) is 40.1 Å². The molecular weight excluding hydrogens is 552 g/mol. The van der Waals surface area contributed by atoms with Gasteiger partial charge in [-0.3, -0.25) is 4.79 Å². The van der Waals surface area contributed by atoms with E-state index in [0.29, 0.717) is 60.0 Å². The van der Waals surface area contributed by atoms with Crippen molar-refractivity contribution in [1.82, 2.24) is 14.9 Å². The Labute approximate surface area is 249 Å². The van der Waals surface area contributed by atoms with Gasteiger partial charge in [-0.25, -0.2) is 9.78 Å². The number of halogens is 1. The lowest BCUT2D eigenvalue weighted by molar-refractivity contribution is -0.121. The molecule has 1 unspecified atom stereocenters. The lowest BCUT2D eigenvalue weighted by Crippen LogP contribution is -2.43. The van der Waals surface area contributed by atoms with Crippen molar-refractivity contribution in [3.05, 3.63) is 83.2 Å². The summed E-state index contributed by atoms with van der Waals surface area (Å²) in [7, 11) is 0. The first-order valence-electron chi connectivity index (χ1n) is 14.2. The number of fused-ring (bicyclic) bond motifs is 6. The number of nitrogens with zero attached hydrogens (tertiary/aromatic N) is 3. The van der Waals surface area contributed by atoms with Gasteiger partial charge in [-0.2, -0.15) is 4.98 Å². The molecular formula is C31H33ClN8O2. The SMILES string of the molecule is Nc1ccc(NC(=O)N2CCC(C(=O)Nc3ccc4cc3CCC3C=CC=C(C3)Nc3ncc(Cl)c(n3)N4)CC2)cc1. The number of likely N-dealkylation sites (tertiary alicyclic amines) is 1. The molecule has 1 saturated heterocycles. The molecule has 0 radical (unpaired) electrons. The quantitative estimate of drug-likeness (QED) is 0.233. The van der Waals surface area contributed by atoms with Crippen LogP contribution in [0.15, 0.2) is 72.6 Å². The molecule has 10 nitrogen and oxygen atoms in total. The van der Waals surface area contributed by atoms with Crippen molar-refractivity contribution in [3.8, 4) is 0 Å². The summed E-state index contributed by atoms with van der Waals surface area (Å²) >= 11 is 6.40. The van der Waals surface area contributed by atoms with Crippen LogP contribution in [0.4, 0.5) is 39.3 Å². The van der Waals surface area contributed by atoms with E-state index in [1.54, 1.807) is 35.4 Å². The molecule has 3 aromatic rings. The van der Waals surface area contributed by atoms with Crippen LogP contribution in [0.25, 0.3) is 0 Å². The Hall–Kier alpha value is -4.57. The van der Waals surface area contributed by atoms with E-state index >= 15 is 0 Å². The first-order chi connectivity index (χ1) is 20.4. The van der Waals surface area contributed by atoms with Gasteiger partial charge in [0, 0.05) is 47.5 Å². The maximum absolute atomic E-state index is 13.4. The van der Waals surface area contributed by atoms with Gasteiger partial charge in [-0.1, -0.05) is 23.8 Å². The summed E-state index contributed by atoms with van der Waals surface area (Å²) in [5, 5.41) is 13.1.